The van der Waals surface area contributed by atoms with Crippen LogP contribution in [0.4, 0.5) is 5.69 Å². The Morgan fingerprint density at radius 3 is 2.71 bits per heavy atom. The first-order chi connectivity index (χ1) is 6.52. The second-order valence-corrected chi connectivity index (χ2v) is 2.80. The van der Waals surface area contributed by atoms with Crippen LogP contribution in [0.3, 0.4) is 0 Å². The maximum absolute atomic E-state index is 10.4. The molecule has 0 unspecified atom stereocenters. The van der Waals surface area contributed by atoms with Crippen molar-refractivity contribution in [2.24, 2.45) is 0 Å². The Morgan fingerprint density at radius 1 is 1.57 bits per heavy atom. The number of halogens is 1. The molecule has 0 saturated heterocycles. The average Bonchev–Trinajstić information content (AvgIpc) is 2.07. The fraction of sp³-hybridized carbons (Fsp3) is 0. The van der Waals surface area contributed by atoms with E-state index in [1.54, 1.807) is 0 Å². The number of carboxylic acids is 1. The molecule has 1 aromatic rings. The number of rotatable bonds is 3. The van der Waals surface area contributed by atoms with E-state index in [0.717, 1.165) is 6.42 Å². The maximum atomic E-state index is 10.4. The third-order valence-corrected chi connectivity index (χ3v) is 1.90. The van der Waals surface area contributed by atoms with Crippen molar-refractivity contribution in [3.05, 3.63) is 45.3 Å². The number of carbonyl (C=O) groups is 1. The lowest BCUT2D eigenvalue weighted by atomic mass is 10.1. The minimum atomic E-state index is -1.20. The molecule has 14 heavy (non-hydrogen) atoms. The van der Waals surface area contributed by atoms with Gasteiger partial charge in [-0.15, -0.1) is 0 Å². The molecule has 0 aliphatic heterocycles. The molecule has 6 heteroatoms. The van der Waals surface area contributed by atoms with Crippen LogP contribution in [0, 0.1) is 16.5 Å². The molecule has 0 saturated carbocycles. The van der Waals surface area contributed by atoms with Crippen LogP contribution in [-0.4, -0.2) is 16.0 Å². The van der Waals surface area contributed by atoms with E-state index in [1.807, 2.05) is 0 Å². The summed E-state index contributed by atoms with van der Waals surface area (Å²) in [7, 11) is 0. The van der Waals surface area contributed by atoms with Gasteiger partial charge in [0.05, 0.1) is 4.92 Å². The molecule has 0 amide bonds. The van der Waals surface area contributed by atoms with Crippen molar-refractivity contribution in [2.45, 2.75) is 0 Å². The highest BCUT2D eigenvalue weighted by Crippen LogP contribution is 2.28. The van der Waals surface area contributed by atoms with E-state index in [9.17, 15) is 14.9 Å². The summed E-state index contributed by atoms with van der Waals surface area (Å²) in [6, 6.07) is 3.98. The number of hydrogen-bond donors (Lipinski definition) is 1. The highest BCUT2D eigenvalue weighted by molar-refractivity contribution is 6.33. The molecule has 1 rings (SSSR count). The Hall–Kier alpha value is -1.62. The fourth-order valence-corrected chi connectivity index (χ4v) is 1.17. The van der Waals surface area contributed by atoms with Crippen molar-refractivity contribution in [2.75, 3.05) is 0 Å². The van der Waals surface area contributed by atoms with Crippen molar-refractivity contribution < 1.29 is 14.8 Å². The van der Waals surface area contributed by atoms with Crippen molar-refractivity contribution in [3.8, 4) is 0 Å². The Labute approximate surface area is 84.1 Å². The van der Waals surface area contributed by atoms with E-state index in [2.05, 4.69) is 0 Å². The summed E-state index contributed by atoms with van der Waals surface area (Å²) in [4.78, 5) is 20.1. The van der Waals surface area contributed by atoms with Gasteiger partial charge in [-0.2, -0.15) is 0 Å². The standard InChI is InChI=1S/C8H5ClNO4/c9-8-5(4-7(11)12)2-1-3-6(8)10(13)14/h1-4H,(H,11,12). The van der Waals surface area contributed by atoms with Gasteiger partial charge in [-0.05, 0) is 5.56 Å². The second-order valence-electron chi connectivity index (χ2n) is 2.42. The van der Waals surface area contributed by atoms with Crippen LogP contribution in [-0.2, 0) is 4.79 Å². The molecule has 0 fully saturated rings. The SMILES string of the molecule is O=C(O)[CH]c1cccc([N+](=O)[O-])c1Cl. The number of nitro benzene ring substituents is 1. The molecular formula is C8H5ClNO4. The first-order valence-electron chi connectivity index (χ1n) is 3.53. The number of benzene rings is 1. The molecule has 0 atom stereocenters. The van der Waals surface area contributed by atoms with Crippen LogP contribution in [0.1, 0.15) is 5.56 Å². The molecule has 0 aliphatic rings. The Balaban J connectivity index is 3.13. The van der Waals surface area contributed by atoms with Crippen LogP contribution in [0.2, 0.25) is 5.02 Å². The molecule has 1 N–H and O–H groups in total. The molecule has 0 aromatic heterocycles. The normalized spacial score (nSPS) is 9.79. The predicted molar refractivity (Wildman–Crippen MR) is 49.1 cm³/mol. The zero-order chi connectivity index (χ0) is 10.7. The van der Waals surface area contributed by atoms with Gasteiger partial charge in [0.2, 0.25) is 0 Å². The quantitative estimate of drug-likeness (QED) is 0.615. The first-order valence-corrected chi connectivity index (χ1v) is 3.90. The minimum Gasteiger partial charge on any atom is -0.481 e. The van der Waals surface area contributed by atoms with Gasteiger partial charge < -0.3 is 5.11 Å². The van der Waals surface area contributed by atoms with Gasteiger partial charge in [0, 0.05) is 6.07 Å². The summed E-state index contributed by atoms with van der Waals surface area (Å²) >= 11 is 5.61. The van der Waals surface area contributed by atoms with Crippen molar-refractivity contribution >= 4 is 23.3 Å². The molecule has 1 radical (unpaired) electrons. The van der Waals surface area contributed by atoms with Crippen LogP contribution >= 0.6 is 11.6 Å². The van der Waals surface area contributed by atoms with Gasteiger partial charge in [0.1, 0.15) is 11.4 Å². The lowest BCUT2D eigenvalue weighted by molar-refractivity contribution is -0.384. The van der Waals surface area contributed by atoms with Crippen LogP contribution in [0.5, 0.6) is 0 Å². The van der Waals surface area contributed by atoms with E-state index in [-0.39, 0.29) is 16.3 Å². The van der Waals surface area contributed by atoms with Gasteiger partial charge in [0.25, 0.3) is 5.69 Å². The molecule has 0 heterocycles. The lowest BCUT2D eigenvalue weighted by Crippen LogP contribution is -1.99. The number of nitro groups is 1. The molecule has 73 valence electrons. The molecule has 0 spiro atoms. The van der Waals surface area contributed by atoms with Crippen molar-refractivity contribution in [1.82, 2.24) is 0 Å². The Morgan fingerprint density at radius 2 is 2.21 bits per heavy atom. The summed E-state index contributed by atoms with van der Waals surface area (Å²) in [5, 5.41) is 18.7. The average molecular weight is 215 g/mol. The number of nitrogens with zero attached hydrogens (tertiary/aromatic N) is 1. The minimum absolute atomic E-state index is 0.119. The smallest absolute Gasteiger partial charge is 0.312 e. The van der Waals surface area contributed by atoms with Gasteiger partial charge in [0.15, 0.2) is 0 Å². The van der Waals surface area contributed by atoms with E-state index in [0.29, 0.717) is 0 Å². The summed E-state index contributed by atoms with van der Waals surface area (Å²) in [6.07, 6.45) is 0.815. The van der Waals surface area contributed by atoms with E-state index < -0.39 is 10.9 Å². The second kappa shape index (κ2) is 4.06. The molecular weight excluding hydrogens is 210 g/mol. The monoisotopic (exact) mass is 214 g/mol. The number of aliphatic carboxylic acids is 1. The zero-order valence-corrected chi connectivity index (χ0v) is 7.56. The van der Waals surface area contributed by atoms with Gasteiger partial charge in [-0.3, -0.25) is 14.9 Å². The zero-order valence-electron chi connectivity index (χ0n) is 6.81. The molecule has 1 aromatic carbocycles. The van der Waals surface area contributed by atoms with Gasteiger partial charge in [-0.1, -0.05) is 23.7 Å². The number of hydrogen-bond acceptors (Lipinski definition) is 3. The third kappa shape index (κ3) is 2.20. The van der Waals surface area contributed by atoms with E-state index in [4.69, 9.17) is 16.7 Å². The molecule has 0 aliphatic carbocycles. The Kier molecular flexibility index (Phi) is 3.03. The maximum Gasteiger partial charge on any atom is 0.312 e. The van der Waals surface area contributed by atoms with Crippen molar-refractivity contribution in [3.63, 3.8) is 0 Å². The summed E-state index contributed by atoms with van der Waals surface area (Å²) in [5.74, 6) is -1.20. The lowest BCUT2D eigenvalue weighted by Gasteiger charge is -2.00. The topological polar surface area (TPSA) is 80.4 Å². The van der Waals surface area contributed by atoms with Crippen LogP contribution < -0.4 is 0 Å². The summed E-state index contributed by atoms with van der Waals surface area (Å²) in [6.45, 7) is 0. The predicted octanol–water partition coefficient (Wildman–Crippen LogP) is 1.89. The molecule has 5 nitrogen and oxygen atoms in total. The fourth-order valence-electron chi connectivity index (χ4n) is 0.923. The largest absolute Gasteiger partial charge is 0.481 e. The molecule has 0 bridgehead atoms. The van der Waals surface area contributed by atoms with E-state index >= 15 is 0 Å². The van der Waals surface area contributed by atoms with Gasteiger partial charge in [-0.25, -0.2) is 0 Å². The first kappa shape index (κ1) is 10.5. The number of carboxylic acid groups (broad SMARTS) is 1. The van der Waals surface area contributed by atoms with Crippen molar-refractivity contribution in [1.29, 1.82) is 0 Å². The highest BCUT2D eigenvalue weighted by Gasteiger charge is 2.16. The third-order valence-electron chi connectivity index (χ3n) is 1.48. The highest BCUT2D eigenvalue weighted by atomic mass is 35.5. The van der Waals surface area contributed by atoms with Crippen LogP contribution in [0.25, 0.3) is 0 Å². The summed E-state index contributed by atoms with van der Waals surface area (Å²) in [5.41, 5.74) is -0.185. The van der Waals surface area contributed by atoms with E-state index in [1.165, 1.54) is 18.2 Å². The summed E-state index contributed by atoms with van der Waals surface area (Å²) < 4.78 is 0. The van der Waals surface area contributed by atoms with Gasteiger partial charge >= 0.3 is 5.97 Å². The Bertz CT molecular complexity index is 391. The van der Waals surface area contributed by atoms with Crippen LogP contribution in [0.15, 0.2) is 18.2 Å².